The molecule has 5 heteroatoms. The van der Waals surface area contributed by atoms with E-state index in [1.54, 1.807) is 0 Å². The van der Waals surface area contributed by atoms with Gasteiger partial charge in [0.05, 0.1) is 0 Å². The molecule has 3 nitrogen and oxygen atoms in total. The van der Waals surface area contributed by atoms with Gasteiger partial charge in [-0.3, -0.25) is 0 Å². The van der Waals surface area contributed by atoms with E-state index in [-0.39, 0.29) is 0 Å². The topological polar surface area (TPSA) is 35.0 Å². The molecule has 16 heavy (non-hydrogen) atoms. The highest BCUT2D eigenvalue weighted by molar-refractivity contribution is 9.10. The van der Waals surface area contributed by atoms with E-state index in [4.69, 9.17) is 4.74 Å². The maximum atomic E-state index is 5.69. The SMILES string of the molecule is CCc1nsc(Oc2cc(Br)ccc2C)n1. The van der Waals surface area contributed by atoms with E-state index in [0.717, 1.165) is 28.0 Å². The van der Waals surface area contributed by atoms with Gasteiger partial charge < -0.3 is 4.74 Å². The molecule has 0 aliphatic rings. The molecular formula is C11H11BrN2OS. The van der Waals surface area contributed by atoms with Gasteiger partial charge in [-0.05, 0) is 24.6 Å². The van der Waals surface area contributed by atoms with Crippen LogP contribution < -0.4 is 4.74 Å². The van der Waals surface area contributed by atoms with Crippen molar-refractivity contribution >= 4 is 27.5 Å². The highest BCUT2D eigenvalue weighted by Gasteiger charge is 2.07. The lowest BCUT2D eigenvalue weighted by Crippen LogP contribution is -1.88. The normalized spacial score (nSPS) is 10.4. The number of hydrogen-bond donors (Lipinski definition) is 0. The summed E-state index contributed by atoms with van der Waals surface area (Å²) in [6.45, 7) is 4.03. The molecule has 1 heterocycles. The number of halogens is 1. The second-order valence-electron chi connectivity index (χ2n) is 3.34. The van der Waals surface area contributed by atoms with Gasteiger partial charge in [0.1, 0.15) is 11.6 Å². The molecule has 0 saturated heterocycles. The number of aryl methyl sites for hydroxylation is 2. The van der Waals surface area contributed by atoms with Crippen molar-refractivity contribution in [2.75, 3.05) is 0 Å². The van der Waals surface area contributed by atoms with E-state index in [9.17, 15) is 0 Å². The van der Waals surface area contributed by atoms with Crippen LogP contribution in [-0.2, 0) is 6.42 Å². The Bertz CT molecular complexity index is 498. The number of benzene rings is 1. The Morgan fingerprint density at radius 3 is 2.94 bits per heavy atom. The van der Waals surface area contributed by atoms with Gasteiger partial charge in [0.15, 0.2) is 0 Å². The molecule has 1 aromatic carbocycles. The molecule has 84 valence electrons. The lowest BCUT2D eigenvalue weighted by Gasteiger charge is -2.05. The fourth-order valence-electron chi connectivity index (χ4n) is 1.20. The first-order valence-electron chi connectivity index (χ1n) is 4.95. The van der Waals surface area contributed by atoms with E-state index in [0.29, 0.717) is 5.19 Å². The monoisotopic (exact) mass is 298 g/mol. The summed E-state index contributed by atoms with van der Waals surface area (Å²) < 4.78 is 10.9. The van der Waals surface area contributed by atoms with Crippen molar-refractivity contribution in [3.63, 3.8) is 0 Å². The molecule has 0 unspecified atom stereocenters. The summed E-state index contributed by atoms with van der Waals surface area (Å²) in [5.41, 5.74) is 1.08. The second-order valence-corrected chi connectivity index (χ2v) is 4.97. The zero-order chi connectivity index (χ0) is 11.5. The molecule has 1 aromatic heterocycles. The molecule has 0 aliphatic heterocycles. The van der Waals surface area contributed by atoms with Crippen LogP contribution in [0.2, 0.25) is 0 Å². The van der Waals surface area contributed by atoms with Crippen LogP contribution >= 0.6 is 27.5 Å². The van der Waals surface area contributed by atoms with Crippen molar-refractivity contribution in [1.29, 1.82) is 0 Å². The predicted octanol–water partition coefficient (Wildman–Crippen LogP) is 3.96. The molecule has 0 saturated carbocycles. The fraction of sp³-hybridized carbons (Fsp3) is 0.273. The average molecular weight is 299 g/mol. The van der Waals surface area contributed by atoms with Crippen LogP contribution in [0.4, 0.5) is 0 Å². The van der Waals surface area contributed by atoms with E-state index in [1.165, 1.54) is 11.5 Å². The van der Waals surface area contributed by atoms with Crippen molar-refractivity contribution in [2.45, 2.75) is 20.3 Å². The third kappa shape index (κ3) is 2.59. The minimum atomic E-state index is 0.595. The Hall–Kier alpha value is -0.940. The number of hydrogen-bond acceptors (Lipinski definition) is 4. The standard InChI is InChI=1S/C11H11BrN2OS/c1-3-10-13-11(16-14-10)15-9-6-8(12)5-4-7(9)2/h4-6H,3H2,1-2H3. The van der Waals surface area contributed by atoms with Crippen LogP contribution in [0.25, 0.3) is 0 Å². The highest BCUT2D eigenvalue weighted by Crippen LogP contribution is 2.28. The smallest absolute Gasteiger partial charge is 0.298 e. The summed E-state index contributed by atoms with van der Waals surface area (Å²) in [6, 6.07) is 5.92. The molecule has 2 rings (SSSR count). The lowest BCUT2D eigenvalue weighted by atomic mass is 10.2. The molecule has 0 N–H and O–H groups in total. The van der Waals surface area contributed by atoms with Crippen LogP contribution in [0.3, 0.4) is 0 Å². The summed E-state index contributed by atoms with van der Waals surface area (Å²) in [7, 11) is 0. The van der Waals surface area contributed by atoms with Gasteiger partial charge in [-0.15, -0.1) is 0 Å². The zero-order valence-electron chi connectivity index (χ0n) is 9.03. The van der Waals surface area contributed by atoms with Gasteiger partial charge in [-0.25, -0.2) is 0 Å². The van der Waals surface area contributed by atoms with Crippen molar-refractivity contribution in [3.05, 3.63) is 34.1 Å². The Labute approximate surface area is 107 Å². The molecule has 0 radical (unpaired) electrons. The van der Waals surface area contributed by atoms with Crippen LogP contribution in [0.15, 0.2) is 22.7 Å². The maximum absolute atomic E-state index is 5.69. The number of rotatable bonds is 3. The summed E-state index contributed by atoms with van der Waals surface area (Å²) in [5.74, 6) is 1.64. The Morgan fingerprint density at radius 2 is 2.25 bits per heavy atom. The quantitative estimate of drug-likeness (QED) is 0.860. The van der Waals surface area contributed by atoms with Crippen molar-refractivity contribution in [1.82, 2.24) is 9.36 Å². The third-order valence-electron chi connectivity index (χ3n) is 2.11. The second kappa shape index (κ2) is 4.93. The minimum absolute atomic E-state index is 0.595. The van der Waals surface area contributed by atoms with Gasteiger partial charge in [0.2, 0.25) is 0 Å². The molecule has 0 amide bonds. The molecular weight excluding hydrogens is 288 g/mol. The number of aromatic nitrogens is 2. The first kappa shape index (κ1) is 11.5. The van der Waals surface area contributed by atoms with Crippen LogP contribution in [0, 0.1) is 6.92 Å². The first-order valence-corrected chi connectivity index (χ1v) is 6.52. The van der Waals surface area contributed by atoms with Gasteiger partial charge >= 0.3 is 0 Å². The van der Waals surface area contributed by atoms with E-state index in [2.05, 4.69) is 25.3 Å². The van der Waals surface area contributed by atoms with Crippen molar-refractivity contribution in [3.8, 4) is 10.9 Å². The van der Waals surface area contributed by atoms with E-state index >= 15 is 0 Å². The third-order valence-corrected chi connectivity index (χ3v) is 3.24. The van der Waals surface area contributed by atoms with Gasteiger partial charge in [-0.1, -0.05) is 28.9 Å². The van der Waals surface area contributed by atoms with Crippen molar-refractivity contribution in [2.24, 2.45) is 0 Å². The van der Waals surface area contributed by atoms with Gasteiger partial charge in [0.25, 0.3) is 5.19 Å². The van der Waals surface area contributed by atoms with E-state index in [1.807, 2.05) is 32.0 Å². The fourth-order valence-corrected chi connectivity index (χ4v) is 2.17. The number of ether oxygens (including phenoxy) is 1. The molecule has 0 bridgehead atoms. The highest BCUT2D eigenvalue weighted by atomic mass is 79.9. The Kier molecular flexibility index (Phi) is 3.56. The maximum Gasteiger partial charge on any atom is 0.298 e. The average Bonchev–Trinajstić information content (AvgIpc) is 2.71. The summed E-state index contributed by atoms with van der Waals surface area (Å²) in [4.78, 5) is 4.26. The summed E-state index contributed by atoms with van der Waals surface area (Å²) >= 11 is 4.70. The van der Waals surface area contributed by atoms with Gasteiger partial charge in [-0.2, -0.15) is 9.36 Å². The van der Waals surface area contributed by atoms with Crippen molar-refractivity contribution < 1.29 is 4.74 Å². The van der Waals surface area contributed by atoms with Crippen LogP contribution in [0.1, 0.15) is 18.3 Å². The largest absolute Gasteiger partial charge is 0.430 e. The Morgan fingerprint density at radius 1 is 1.44 bits per heavy atom. The predicted molar refractivity (Wildman–Crippen MR) is 68.2 cm³/mol. The van der Waals surface area contributed by atoms with E-state index < -0.39 is 0 Å². The first-order chi connectivity index (χ1) is 7.69. The zero-order valence-corrected chi connectivity index (χ0v) is 11.4. The summed E-state index contributed by atoms with van der Waals surface area (Å²) in [5, 5.41) is 0.595. The minimum Gasteiger partial charge on any atom is -0.430 e. The lowest BCUT2D eigenvalue weighted by molar-refractivity contribution is 0.473. The number of nitrogens with zero attached hydrogens (tertiary/aromatic N) is 2. The molecule has 0 aliphatic carbocycles. The summed E-state index contributed by atoms with van der Waals surface area (Å²) in [6.07, 6.45) is 0.831. The molecule has 2 aromatic rings. The van der Waals surface area contributed by atoms with Crippen LogP contribution in [-0.4, -0.2) is 9.36 Å². The Balaban J connectivity index is 2.22. The molecule has 0 fully saturated rings. The molecule has 0 spiro atoms. The molecule has 0 atom stereocenters. The van der Waals surface area contributed by atoms with Crippen LogP contribution in [0.5, 0.6) is 10.9 Å². The van der Waals surface area contributed by atoms with Gasteiger partial charge in [0, 0.05) is 22.4 Å².